The van der Waals surface area contributed by atoms with Crippen LogP contribution in [0, 0.1) is 10.5 Å². The zero-order chi connectivity index (χ0) is 13.7. The summed E-state index contributed by atoms with van der Waals surface area (Å²) in [4.78, 5) is 9.02. The monoisotopic (exact) mass is 448 g/mol. The van der Waals surface area contributed by atoms with Crippen LogP contribution in [0.5, 0.6) is 5.75 Å². The maximum absolute atomic E-state index is 10.2. The fraction of sp³-hybridized carbons (Fsp3) is 0.0769. The van der Waals surface area contributed by atoms with E-state index in [0.717, 1.165) is 14.6 Å². The lowest BCUT2D eigenvalue weighted by atomic mass is 10.1. The van der Waals surface area contributed by atoms with Crippen molar-refractivity contribution in [1.82, 2.24) is 9.97 Å². The highest BCUT2D eigenvalue weighted by Crippen LogP contribution is 2.39. The van der Waals surface area contributed by atoms with Crippen molar-refractivity contribution in [2.24, 2.45) is 0 Å². The van der Waals surface area contributed by atoms with Crippen molar-refractivity contribution in [3.05, 3.63) is 36.8 Å². The Balaban J connectivity index is 2.55. The number of phenolic OH excluding ortho intramolecular Hbond substituents is 1. The van der Waals surface area contributed by atoms with Crippen molar-refractivity contribution in [3.8, 4) is 5.75 Å². The van der Waals surface area contributed by atoms with Gasteiger partial charge in [0.2, 0.25) is 0 Å². The summed E-state index contributed by atoms with van der Waals surface area (Å²) >= 11 is 11.8. The normalized spacial score (nSPS) is 11.4. The Morgan fingerprint density at radius 1 is 1.21 bits per heavy atom. The molecule has 0 spiro atoms. The molecule has 3 aromatic rings. The van der Waals surface area contributed by atoms with Gasteiger partial charge in [-0.3, -0.25) is 0 Å². The number of fused-ring (bicyclic) bond motifs is 2. The second kappa shape index (κ2) is 4.71. The Morgan fingerprint density at radius 3 is 2.63 bits per heavy atom. The molecular weight excluding hydrogens is 442 g/mol. The molecule has 1 N–H and O–H groups in total. The first-order chi connectivity index (χ1) is 8.99. The molecule has 3 nitrogen and oxygen atoms in total. The third-order valence-corrected chi connectivity index (χ3v) is 5.08. The summed E-state index contributed by atoms with van der Waals surface area (Å²) in [6.45, 7) is 1.75. The first-order valence-electron chi connectivity index (χ1n) is 5.42. The molecule has 6 heteroatoms. The van der Waals surface area contributed by atoms with E-state index in [2.05, 4.69) is 48.5 Å². The van der Waals surface area contributed by atoms with E-state index in [0.29, 0.717) is 26.1 Å². The highest BCUT2D eigenvalue weighted by molar-refractivity contribution is 14.1. The Morgan fingerprint density at radius 2 is 1.89 bits per heavy atom. The van der Waals surface area contributed by atoms with E-state index < -0.39 is 0 Å². The van der Waals surface area contributed by atoms with Crippen LogP contribution < -0.4 is 0 Å². The van der Waals surface area contributed by atoms with E-state index in [1.165, 1.54) is 0 Å². The first-order valence-corrected chi connectivity index (χ1v) is 7.67. The van der Waals surface area contributed by atoms with Gasteiger partial charge in [0.1, 0.15) is 16.8 Å². The molecule has 0 amide bonds. The van der Waals surface area contributed by atoms with Crippen LogP contribution in [-0.4, -0.2) is 15.1 Å². The minimum absolute atomic E-state index is 0.0801. The molecule has 19 heavy (non-hydrogen) atoms. The van der Waals surface area contributed by atoms with E-state index in [1.54, 1.807) is 6.92 Å². The van der Waals surface area contributed by atoms with Gasteiger partial charge in [-0.2, -0.15) is 0 Å². The maximum atomic E-state index is 10.2. The number of aromatic nitrogens is 2. The van der Waals surface area contributed by atoms with Gasteiger partial charge in [-0.1, -0.05) is 11.6 Å². The van der Waals surface area contributed by atoms with E-state index in [4.69, 9.17) is 11.6 Å². The van der Waals surface area contributed by atoms with Crippen molar-refractivity contribution < 1.29 is 5.11 Å². The third kappa shape index (κ3) is 2.08. The molecular formula is C13H7BrClIN2O. The largest absolute Gasteiger partial charge is 0.505 e. The molecule has 96 valence electrons. The highest BCUT2D eigenvalue weighted by Gasteiger charge is 2.16. The molecule has 0 aliphatic carbocycles. The molecule has 0 unspecified atom stereocenters. The number of nitrogens with zero attached hydrogens (tertiary/aromatic N) is 2. The summed E-state index contributed by atoms with van der Waals surface area (Å²) in [7, 11) is 0. The van der Waals surface area contributed by atoms with Crippen molar-refractivity contribution in [1.29, 1.82) is 0 Å². The summed E-state index contributed by atoms with van der Waals surface area (Å²) in [6.07, 6.45) is 0. The predicted octanol–water partition coefficient (Wildman–Crippen LogP) is 4.82. The molecule has 0 radical (unpaired) electrons. The fourth-order valence-corrected chi connectivity index (χ4v) is 3.12. The van der Waals surface area contributed by atoms with Crippen molar-refractivity contribution in [2.45, 2.75) is 6.92 Å². The number of benzene rings is 2. The molecule has 3 rings (SSSR count). The number of hydrogen-bond acceptors (Lipinski definition) is 3. The minimum Gasteiger partial charge on any atom is -0.505 e. The predicted molar refractivity (Wildman–Crippen MR) is 88.9 cm³/mol. The van der Waals surface area contributed by atoms with Crippen LogP contribution in [0.2, 0.25) is 5.02 Å². The average Bonchev–Trinajstić information content (AvgIpc) is 2.41. The van der Waals surface area contributed by atoms with Crippen LogP contribution in [0.4, 0.5) is 0 Å². The molecule has 0 aliphatic heterocycles. The van der Waals surface area contributed by atoms with Gasteiger partial charge >= 0.3 is 0 Å². The summed E-state index contributed by atoms with van der Waals surface area (Å²) in [5, 5.41) is 10.6. The van der Waals surface area contributed by atoms with Gasteiger partial charge in [-0.25, -0.2) is 9.97 Å². The SMILES string of the molecule is Cc1c(Cl)c(Br)c2nc3ccc(I)cc3nc2c1O. The van der Waals surface area contributed by atoms with Crippen LogP contribution in [-0.2, 0) is 0 Å². The topological polar surface area (TPSA) is 46.0 Å². The van der Waals surface area contributed by atoms with Gasteiger partial charge < -0.3 is 5.11 Å². The quantitative estimate of drug-likeness (QED) is 0.396. The number of hydrogen-bond donors (Lipinski definition) is 1. The van der Waals surface area contributed by atoms with Gasteiger partial charge in [0.15, 0.2) is 0 Å². The third-order valence-electron chi connectivity index (χ3n) is 2.94. The summed E-state index contributed by atoms with van der Waals surface area (Å²) in [5.74, 6) is 0.0801. The average molecular weight is 449 g/mol. The lowest BCUT2D eigenvalue weighted by Gasteiger charge is -2.09. The van der Waals surface area contributed by atoms with Crippen LogP contribution in [0.3, 0.4) is 0 Å². The van der Waals surface area contributed by atoms with Crippen LogP contribution in [0.15, 0.2) is 22.7 Å². The van der Waals surface area contributed by atoms with Gasteiger partial charge in [0.05, 0.1) is 20.5 Å². The fourth-order valence-electron chi connectivity index (χ4n) is 1.90. The number of aromatic hydroxyl groups is 1. The van der Waals surface area contributed by atoms with E-state index >= 15 is 0 Å². The van der Waals surface area contributed by atoms with Gasteiger partial charge in [-0.15, -0.1) is 0 Å². The molecule has 0 bridgehead atoms. The maximum Gasteiger partial charge on any atom is 0.147 e. The summed E-state index contributed by atoms with van der Waals surface area (Å²) in [6, 6.07) is 5.80. The van der Waals surface area contributed by atoms with Gasteiger partial charge in [0, 0.05) is 9.13 Å². The van der Waals surface area contributed by atoms with E-state index in [9.17, 15) is 5.11 Å². The number of phenols is 1. The molecule has 0 aliphatic rings. The molecule has 0 fully saturated rings. The number of rotatable bonds is 0. The lowest BCUT2D eigenvalue weighted by molar-refractivity contribution is 0.476. The Labute approximate surface area is 136 Å². The van der Waals surface area contributed by atoms with Crippen LogP contribution >= 0.6 is 50.1 Å². The van der Waals surface area contributed by atoms with E-state index in [-0.39, 0.29) is 5.75 Å². The zero-order valence-corrected chi connectivity index (χ0v) is 14.2. The molecule has 0 saturated heterocycles. The molecule has 1 aromatic heterocycles. The van der Waals surface area contributed by atoms with Crippen molar-refractivity contribution >= 4 is 72.2 Å². The second-order valence-corrected chi connectivity index (χ2v) is 6.57. The molecule has 2 aromatic carbocycles. The molecule has 0 atom stereocenters. The zero-order valence-electron chi connectivity index (χ0n) is 9.71. The lowest BCUT2D eigenvalue weighted by Crippen LogP contribution is -1.92. The smallest absolute Gasteiger partial charge is 0.147 e. The minimum atomic E-state index is 0.0801. The van der Waals surface area contributed by atoms with E-state index in [1.807, 2.05) is 18.2 Å². The Bertz CT molecular complexity index is 838. The van der Waals surface area contributed by atoms with Crippen LogP contribution in [0.1, 0.15) is 5.56 Å². The number of halogens is 3. The Hall–Kier alpha value is -0.660. The van der Waals surface area contributed by atoms with Gasteiger partial charge in [0.25, 0.3) is 0 Å². The van der Waals surface area contributed by atoms with Crippen molar-refractivity contribution in [2.75, 3.05) is 0 Å². The highest BCUT2D eigenvalue weighted by atomic mass is 127. The van der Waals surface area contributed by atoms with Crippen LogP contribution in [0.25, 0.3) is 22.1 Å². The molecule has 0 saturated carbocycles. The summed E-state index contributed by atoms with van der Waals surface area (Å²) in [5.41, 5.74) is 3.15. The Kier molecular flexibility index (Phi) is 3.31. The molecule has 1 heterocycles. The first kappa shape index (κ1) is 13.3. The summed E-state index contributed by atoms with van der Waals surface area (Å²) < 4.78 is 1.73. The van der Waals surface area contributed by atoms with Gasteiger partial charge in [-0.05, 0) is 63.6 Å². The second-order valence-electron chi connectivity index (χ2n) is 4.16. The van der Waals surface area contributed by atoms with Crippen molar-refractivity contribution in [3.63, 3.8) is 0 Å². The standard InChI is InChI=1S/C13H7BrClIN2O/c1-5-10(15)9(14)11-12(13(5)19)18-8-4-6(16)2-3-7(8)17-11/h2-4,19H,1H3.